The van der Waals surface area contributed by atoms with Crippen LogP contribution < -0.4 is 5.32 Å². The minimum atomic E-state index is -2.91. The summed E-state index contributed by atoms with van der Waals surface area (Å²) in [6.45, 7) is 2.18. The van der Waals surface area contributed by atoms with E-state index in [1.165, 1.54) is 27.1 Å². The molecule has 90 valence electrons. The molecule has 1 N–H and O–H groups in total. The van der Waals surface area contributed by atoms with Crippen LogP contribution in [0.3, 0.4) is 0 Å². The lowest BCUT2D eigenvalue weighted by Gasteiger charge is -2.21. The Bertz CT molecular complexity index is 227. The molecule has 0 amide bonds. The fourth-order valence-corrected chi connectivity index (χ4v) is 3.57. The van der Waals surface area contributed by atoms with Crippen molar-refractivity contribution in [3.63, 3.8) is 0 Å². The molecule has 15 heavy (non-hydrogen) atoms. The zero-order chi connectivity index (χ0) is 11.3. The van der Waals surface area contributed by atoms with Crippen molar-refractivity contribution in [3.8, 4) is 0 Å². The van der Waals surface area contributed by atoms with Gasteiger partial charge in [-0.3, -0.25) is 4.57 Å². The van der Waals surface area contributed by atoms with Gasteiger partial charge in [0, 0.05) is 20.3 Å². The first-order valence-corrected chi connectivity index (χ1v) is 7.24. The summed E-state index contributed by atoms with van der Waals surface area (Å²) in [6.07, 6.45) is 5.53. The Kier molecular flexibility index (Phi) is 5.27. The summed E-state index contributed by atoms with van der Waals surface area (Å²) in [6, 6.07) is 0.480. The van der Waals surface area contributed by atoms with Crippen LogP contribution in [0.25, 0.3) is 0 Å². The summed E-state index contributed by atoms with van der Waals surface area (Å²) in [4.78, 5) is 0. The predicted molar refractivity (Wildman–Crippen MR) is 61.1 cm³/mol. The first kappa shape index (κ1) is 13.2. The lowest BCUT2D eigenvalue weighted by atomic mass is 10.1. The first-order chi connectivity index (χ1) is 7.16. The van der Waals surface area contributed by atoms with Gasteiger partial charge in [-0.05, 0) is 19.3 Å². The van der Waals surface area contributed by atoms with E-state index in [0.717, 1.165) is 19.3 Å². The van der Waals surface area contributed by atoms with E-state index >= 15 is 0 Å². The largest absolute Gasteiger partial charge is 0.346 e. The second-order valence-corrected chi connectivity index (χ2v) is 6.44. The quantitative estimate of drug-likeness (QED) is 0.719. The van der Waals surface area contributed by atoms with Crippen LogP contribution in [0.1, 0.15) is 39.0 Å². The van der Waals surface area contributed by atoms with Crippen LogP contribution in [0.5, 0.6) is 0 Å². The molecule has 0 aromatic heterocycles. The predicted octanol–water partition coefficient (Wildman–Crippen LogP) is 2.74. The van der Waals surface area contributed by atoms with Crippen LogP contribution in [-0.2, 0) is 13.6 Å². The molecule has 1 rings (SSSR count). The summed E-state index contributed by atoms with van der Waals surface area (Å²) in [5.74, 6) is -0.116. The summed E-state index contributed by atoms with van der Waals surface area (Å²) in [5.41, 5.74) is 0. The minimum absolute atomic E-state index is 0.116. The minimum Gasteiger partial charge on any atom is -0.311 e. The summed E-state index contributed by atoms with van der Waals surface area (Å²) < 4.78 is 22.1. The number of unbranched alkanes of at least 4 members (excludes halogenated alkanes) is 1. The average Bonchev–Trinajstić information content (AvgIpc) is 2.74. The van der Waals surface area contributed by atoms with Crippen molar-refractivity contribution in [1.29, 1.82) is 0 Å². The highest BCUT2D eigenvalue weighted by Gasteiger charge is 2.39. The highest BCUT2D eigenvalue weighted by molar-refractivity contribution is 7.54. The van der Waals surface area contributed by atoms with Gasteiger partial charge >= 0.3 is 7.60 Å². The second-order valence-electron chi connectivity index (χ2n) is 4.00. The smallest absolute Gasteiger partial charge is 0.311 e. The second kappa shape index (κ2) is 6.00. The molecule has 0 aromatic carbocycles. The van der Waals surface area contributed by atoms with Gasteiger partial charge in [0.2, 0.25) is 0 Å². The van der Waals surface area contributed by atoms with Gasteiger partial charge in [-0.15, -0.1) is 0 Å². The molecule has 0 aliphatic carbocycles. The van der Waals surface area contributed by atoms with E-state index < -0.39 is 7.60 Å². The molecule has 1 fully saturated rings. The molecule has 0 bridgehead atoms. The van der Waals surface area contributed by atoms with Crippen LogP contribution >= 0.6 is 7.60 Å². The van der Waals surface area contributed by atoms with E-state index in [1.54, 1.807) is 0 Å². The molecule has 5 heteroatoms. The number of rotatable bonds is 6. The topological polar surface area (TPSA) is 47.6 Å². The van der Waals surface area contributed by atoms with E-state index in [9.17, 15) is 4.57 Å². The van der Waals surface area contributed by atoms with Crippen LogP contribution in [0, 0.1) is 0 Å². The fraction of sp³-hybridized carbons (Fsp3) is 1.00. The van der Waals surface area contributed by atoms with Gasteiger partial charge in [-0.1, -0.05) is 19.8 Å². The van der Waals surface area contributed by atoms with E-state index in [0.29, 0.717) is 6.04 Å². The molecule has 0 unspecified atom stereocenters. The molecule has 1 heterocycles. The Labute approximate surface area is 92.3 Å². The first-order valence-electron chi connectivity index (χ1n) is 5.63. The Morgan fingerprint density at radius 1 is 1.33 bits per heavy atom. The average molecular weight is 235 g/mol. The highest BCUT2D eigenvalue weighted by Crippen LogP contribution is 2.53. The van der Waals surface area contributed by atoms with Crippen LogP contribution in [0.15, 0.2) is 0 Å². The Morgan fingerprint density at radius 3 is 2.53 bits per heavy atom. The fourth-order valence-electron chi connectivity index (χ4n) is 2.05. The van der Waals surface area contributed by atoms with Gasteiger partial charge < -0.3 is 14.4 Å². The maximum Gasteiger partial charge on any atom is 0.346 e. The molecule has 0 radical (unpaired) electrons. The molecular formula is C10H22NO3P. The third-order valence-corrected chi connectivity index (χ3v) is 5.20. The molecular weight excluding hydrogens is 213 g/mol. The van der Waals surface area contributed by atoms with Gasteiger partial charge in [0.1, 0.15) is 5.78 Å². The lowest BCUT2D eigenvalue weighted by Crippen LogP contribution is -2.30. The van der Waals surface area contributed by atoms with Crippen LogP contribution in [0.4, 0.5) is 0 Å². The van der Waals surface area contributed by atoms with Crippen molar-refractivity contribution in [1.82, 2.24) is 5.32 Å². The molecule has 2 atom stereocenters. The Morgan fingerprint density at radius 2 is 2.00 bits per heavy atom. The normalized spacial score (nSPS) is 27.1. The Hall–Kier alpha value is 0.110. The molecule has 0 saturated carbocycles. The van der Waals surface area contributed by atoms with E-state index in [-0.39, 0.29) is 5.78 Å². The van der Waals surface area contributed by atoms with Crippen molar-refractivity contribution < 1.29 is 13.6 Å². The third kappa shape index (κ3) is 3.28. The molecule has 4 nitrogen and oxygen atoms in total. The maximum absolute atomic E-state index is 12.1. The Balaban J connectivity index is 2.44. The SMILES string of the molecule is CCCC[C@H]1CC[C@@H](P(=O)(OC)OC)N1. The summed E-state index contributed by atoms with van der Waals surface area (Å²) >= 11 is 0. The van der Waals surface area contributed by atoms with Crippen molar-refractivity contribution in [3.05, 3.63) is 0 Å². The molecule has 0 aromatic rings. The van der Waals surface area contributed by atoms with Gasteiger partial charge in [0.15, 0.2) is 0 Å². The number of hydrogen-bond donors (Lipinski definition) is 1. The van der Waals surface area contributed by atoms with Gasteiger partial charge in [0.05, 0.1) is 0 Å². The van der Waals surface area contributed by atoms with E-state index in [4.69, 9.17) is 9.05 Å². The van der Waals surface area contributed by atoms with Gasteiger partial charge in [-0.2, -0.15) is 0 Å². The lowest BCUT2D eigenvalue weighted by molar-refractivity contribution is 0.261. The molecule has 1 aliphatic heterocycles. The highest BCUT2D eigenvalue weighted by atomic mass is 31.2. The molecule has 0 spiro atoms. The van der Waals surface area contributed by atoms with E-state index in [1.807, 2.05) is 0 Å². The van der Waals surface area contributed by atoms with Gasteiger partial charge in [0.25, 0.3) is 0 Å². The van der Waals surface area contributed by atoms with Crippen molar-refractivity contribution in [2.45, 2.75) is 50.9 Å². The maximum atomic E-state index is 12.1. The monoisotopic (exact) mass is 235 g/mol. The van der Waals surface area contributed by atoms with Crippen molar-refractivity contribution in [2.24, 2.45) is 0 Å². The van der Waals surface area contributed by atoms with Gasteiger partial charge in [-0.25, -0.2) is 0 Å². The summed E-state index contributed by atoms with van der Waals surface area (Å²) in [7, 11) is -0.00992. The standard InChI is InChI=1S/C10H22NO3P/c1-4-5-6-9-7-8-10(11-9)15(12,13-2)14-3/h9-11H,4-8H2,1-3H3/t9-,10+/m0/s1. The van der Waals surface area contributed by atoms with E-state index in [2.05, 4.69) is 12.2 Å². The molecule has 1 aliphatic rings. The van der Waals surface area contributed by atoms with Crippen LogP contribution in [-0.4, -0.2) is 26.0 Å². The summed E-state index contributed by atoms with van der Waals surface area (Å²) in [5, 5.41) is 3.36. The number of nitrogens with one attached hydrogen (secondary N) is 1. The van der Waals surface area contributed by atoms with Crippen molar-refractivity contribution >= 4 is 7.60 Å². The third-order valence-electron chi connectivity index (χ3n) is 3.01. The zero-order valence-corrected chi connectivity index (χ0v) is 10.8. The van der Waals surface area contributed by atoms with Crippen molar-refractivity contribution in [2.75, 3.05) is 14.2 Å². The van der Waals surface area contributed by atoms with Crippen LogP contribution in [0.2, 0.25) is 0 Å². The molecule has 1 saturated heterocycles. The number of hydrogen-bond acceptors (Lipinski definition) is 4. The zero-order valence-electron chi connectivity index (χ0n) is 9.86.